The van der Waals surface area contributed by atoms with Crippen LogP contribution < -0.4 is 0 Å². The highest BCUT2D eigenvalue weighted by Crippen LogP contribution is 2.28. The first-order chi connectivity index (χ1) is 12.6. The largest absolute Gasteiger partial charge is 0.390 e. The smallest absolute Gasteiger partial charge is 0.113 e. The topological polar surface area (TPSA) is 47.9 Å². The molecule has 0 unspecified atom stereocenters. The lowest BCUT2D eigenvalue weighted by Crippen LogP contribution is -2.55. The summed E-state index contributed by atoms with van der Waals surface area (Å²) in [5.41, 5.74) is 2.20. The summed E-state index contributed by atoms with van der Waals surface area (Å²) in [7, 11) is 0. The summed E-state index contributed by atoms with van der Waals surface area (Å²) in [5.74, 6) is 0.0150. The van der Waals surface area contributed by atoms with Crippen molar-refractivity contribution in [2.75, 3.05) is 6.61 Å². The van der Waals surface area contributed by atoms with Gasteiger partial charge in [0.05, 0.1) is 32.0 Å². The number of aliphatic hydroxyl groups excluding tert-OH is 1. The molecule has 0 bridgehead atoms. The molecule has 1 N–H and O–H groups in total. The second-order valence-electron chi connectivity index (χ2n) is 6.99. The van der Waals surface area contributed by atoms with Gasteiger partial charge in [0, 0.05) is 5.92 Å². The van der Waals surface area contributed by atoms with E-state index >= 15 is 0 Å². The van der Waals surface area contributed by atoms with Gasteiger partial charge < -0.3 is 19.3 Å². The standard InChI is InChI=1S/C22H28O4/c1-16-17(2)26-20(15-24-13-18-9-5-3-6-10-18)22(21(16)23)25-14-19-11-7-4-8-12-19/h3-12,16-17,20-23H,13-15H2,1-2H3/t16-,17-,20+,21+,22-/m0/s1. The maximum Gasteiger partial charge on any atom is 0.113 e. The third-order valence-corrected chi connectivity index (χ3v) is 5.05. The monoisotopic (exact) mass is 356 g/mol. The van der Waals surface area contributed by atoms with E-state index in [1.165, 1.54) is 0 Å². The maximum absolute atomic E-state index is 10.7. The predicted molar refractivity (Wildman–Crippen MR) is 101 cm³/mol. The Hall–Kier alpha value is -1.72. The van der Waals surface area contributed by atoms with Crippen molar-refractivity contribution in [1.82, 2.24) is 0 Å². The summed E-state index contributed by atoms with van der Waals surface area (Å²) in [6, 6.07) is 20.0. The molecule has 2 aromatic rings. The number of ether oxygens (including phenoxy) is 3. The summed E-state index contributed by atoms with van der Waals surface area (Å²) < 4.78 is 18.0. The molecule has 1 saturated heterocycles. The Kier molecular flexibility index (Phi) is 6.80. The van der Waals surface area contributed by atoms with Crippen LogP contribution in [0.2, 0.25) is 0 Å². The molecule has 0 aromatic heterocycles. The van der Waals surface area contributed by atoms with Crippen molar-refractivity contribution in [1.29, 1.82) is 0 Å². The number of benzene rings is 2. The summed E-state index contributed by atoms with van der Waals surface area (Å²) in [5, 5.41) is 10.7. The van der Waals surface area contributed by atoms with Crippen LogP contribution in [0.4, 0.5) is 0 Å². The van der Waals surface area contributed by atoms with Crippen molar-refractivity contribution in [2.24, 2.45) is 5.92 Å². The van der Waals surface area contributed by atoms with Crippen molar-refractivity contribution in [3.63, 3.8) is 0 Å². The quantitative estimate of drug-likeness (QED) is 0.824. The van der Waals surface area contributed by atoms with Crippen LogP contribution in [0.15, 0.2) is 60.7 Å². The first-order valence-corrected chi connectivity index (χ1v) is 9.26. The van der Waals surface area contributed by atoms with Crippen molar-refractivity contribution >= 4 is 0 Å². The van der Waals surface area contributed by atoms with Crippen LogP contribution in [-0.4, -0.2) is 36.1 Å². The van der Waals surface area contributed by atoms with Gasteiger partial charge in [-0.25, -0.2) is 0 Å². The van der Waals surface area contributed by atoms with E-state index in [4.69, 9.17) is 14.2 Å². The molecule has 0 spiro atoms. The molecule has 4 heteroatoms. The normalized spacial score (nSPS) is 28.8. The number of hydrogen-bond donors (Lipinski definition) is 1. The van der Waals surface area contributed by atoms with E-state index in [9.17, 15) is 5.11 Å². The van der Waals surface area contributed by atoms with Gasteiger partial charge in [-0.1, -0.05) is 67.6 Å². The highest BCUT2D eigenvalue weighted by atomic mass is 16.6. The fourth-order valence-corrected chi connectivity index (χ4v) is 3.25. The Labute approximate surface area is 155 Å². The van der Waals surface area contributed by atoms with E-state index in [-0.39, 0.29) is 18.1 Å². The van der Waals surface area contributed by atoms with Crippen molar-refractivity contribution < 1.29 is 19.3 Å². The van der Waals surface area contributed by atoms with Crippen LogP contribution in [0.3, 0.4) is 0 Å². The van der Waals surface area contributed by atoms with Gasteiger partial charge in [0.1, 0.15) is 12.2 Å². The molecular formula is C22H28O4. The van der Waals surface area contributed by atoms with Gasteiger partial charge in [-0.3, -0.25) is 0 Å². The molecule has 1 aliphatic heterocycles. The molecule has 5 atom stereocenters. The van der Waals surface area contributed by atoms with E-state index in [1.807, 2.05) is 74.5 Å². The lowest BCUT2D eigenvalue weighted by Gasteiger charge is -2.42. The molecule has 0 saturated carbocycles. The highest BCUT2D eigenvalue weighted by molar-refractivity contribution is 5.14. The first kappa shape index (κ1) is 19.1. The fourth-order valence-electron chi connectivity index (χ4n) is 3.25. The zero-order valence-corrected chi connectivity index (χ0v) is 15.5. The predicted octanol–water partition coefficient (Wildman–Crippen LogP) is 3.57. The van der Waals surface area contributed by atoms with E-state index in [0.29, 0.717) is 19.8 Å². The third kappa shape index (κ3) is 4.92. The van der Waals surface area contributed by atoms with E-state index in [1.54, 1.807) is 0 Å². The Morgan fingerprint density at radius 3 is 2.08 bits per heavy atom. The SMILES string of the molecule is C[C@@H]1[C@@H](O)[C@@H](OCc2ccccc2)[C@@H](COCc2ccccc2)O[C@H]1C. The second kappa shape index (κ2) is 9.28. The van der Waals surface area contributed by atoms with Crippen LogP contribution in [-0.2, 0) is 27.4 Å². The minimum absolute atomic E-state index is 0.0150. The average molecular weight is 356 g/mol. The minimum atomic E-state index is -0.576. The van der Waals surface area contributed by atoms with E-state index in [2.05, 4.69) is 0 Å². The lowest BCUT2D eigenvalue weighted by atomic mass is 9.89. The van der Waals surface area contributed by atoms with E-state index in [0.717, 1.165) is 11.1 Å². The summed E-state index contributed by atoms with van der Waals surface area (Å²) in [6.45, 7) is 5.34. The number of rotatable bonds is 7. The highest BCUT2D eigenvalue weighted by Gasteiger charge is 2.42. The summed E-state index contributed by atoms with van der Waals surface area (Å²) in [4.78, 5) is 0. The summed E-state index contributed by atoms with van der Waals surface area (Å²) in [6.07, 6.45) is -1.31. The molecule has 3 rings (SSSR count). The van der Waals surface area contributed by atoms with Crippen LogP contribution in [0.5, 0.6) is 0 Å². The van der Waals surface area contributed by atoms with E-state index < -0.39 is 12.2 Å². The molecule has 0 radical (unpaired) electrons. The van der Waals surface area contributed by atoms with Crippen molar-refractivity contribution in [3.05, 3.63) is 71.8 Å². The van der Waals surface area contributed by atoms with Crippen molar-refractivity contribution in [2.45, 2.75) is 51.5 Å². The van der Waals surface area contributed by atoms with Gasteiger partial charge in [0.25, 0.3) is 0 Å². The third-order valence-electron chi connectivity index (χ3n) is 5.05. The molecule has 2 aromatic carbocycles. The van der Waals surface area contributed by atoms with Gasteiger partial charge in [0.2, 0.25) is 0 Å². The molecule has 1 aliphatic rings. The number of hydrogen-bond acceptors (Lipinski definition) is 4. The Morgan fingerprint density at radius 1 is 0.885 bits per heavy atom. The average Bonchev–Trinajstić information content (AvgIpc) is 2.67. The lowest BCUT2D eigenvalue weighted by molar-refractivity contribution is -0.224. The Balaban J connectivity index is 1.59. The van der Waals surface area contributed by atoms with Gasteiger partial charge in [-0.2, -0.15) is 0 Å². The molecule has 26 heavy (non-hydrogen) atoms. The minimum Gasteiger partial charge on any atom is -0.390 e. The van der Waals surface area contributed by atoms with Crippen LogP contribution in [0.1, 0.15) is 25.0 Å². The Morgan fingerprint density at radius 2 is 1.46 bits per heavy atom. The molecule has 140 valence electrons. The fraction of sp³-hybridized carbons (Fsp3) is 0.455. The molecule has 1 heterocycles. The summed E-state index contributed by atoms with van der Waals surface area (Å²) >= 11 is 0. The molecular weight excluding hydrogens is 328 g/mol. The van der Waals surface area contributed by atoms with Gasteiger partial charge in [-0.05, 0) is 18.1 Å². The van der Waals surface area contributed by atoms with Crippen LogP contribution in [0, 0.1) is 5.92 Å². The molecule has 1 fully saturated rings. The van der Waals surface area contributed by atoms with Crippen LogP contribution in [0.25, 0.3) is 0 Å². The molecule has 0 amide bonds. The molecule has 4 nitrogen and oxygen atoms in total. The van der Waals surface area contributed by atoms with Gasteiger partial charge in [0.15, 0.2) is 0 Å². The van der Waals surface area contributed by atoms with Crippen LogP contribution >= 0.6 is 0 Å². The Bertz CT molecular complexity index is 646. The number of aliphatic hydroxyl groups is 1. The second-order valence-corrected chi connectivity index (χ2v) is 6.99. The first-order valence-electron chi connectivity index (χ1n) is 9.26. The van der Waals surface area contributed by atoms with Gasteiger partial charge in [-0.15, -0.1) is 0 Å². The maximum atomic E-state index is 10.7. The zero-order valence-electron chi connectivity index (χ0n) is 15.5. The molecule has 0 aliphatic carbocycles. The van der Waals surface area contributed by atoms with Crippen molar-refractivity contribution in [3.8, 4) is 0 Å². The zero-order chi connectivity index (χ0) is 18.4. The van der Waals surface area contributed by atoms with Gasteiger partial charge >= 0.3 is 0 Å².